The molecule has 1 N–H and O–H groups in total. The van der Waals surface area contributed by atoms with E-state index >= 15 is 0 Å². The summed E-state index contributed by atoms with van der Waals surface area (Å²) >= 11 is 0. The van der Waals surface area contributed by atoms with E-state index < -0.39 is 0 Å². The summed E-state index contributed by atoms with van der Waals surface area (Å²) in [7, 11) is 0. The molecule has 0 spiro atoms. The van der Waals surface area contributed by atoms with Gasteiger partial charge in [0.2, 0.25) is 5.89 Å². The van der Waals surface area contributed by atoms with Gasteiger partial charge in [0.15, 0.2) is 5.82 Å². The van der Waals surface area contributed by atoms with Gasteiger partial charge in [0, 0.05) is 24.6 Å². The fraction of sp³-hybridized carbons (Fsp3) is 0.500. The number of benzene rings is 1. The lowest BCUT2D eigenvalue weighted by Gasteiger charge is -2.30. The number of hydrogen-bond donors (Lipinski definition) is 1. The molecule has 0 radical (unpaired) electrons. The number of hydrogen-bond acceptors (Lipinski definition) is 5. The zero-order valence-corrected chi connectivity index (χ0v) is 14.9. The van der Waals surface area contributed by atoms with Gasteiger partial charge in [-0.25, -0.2) is 0 Å². The summed E-state index contributed by atoms with van der Waals surface area (Å²) in [6.07, 6.45) is 2.25. The van der Waals surface area contributed by atoms with Gasteiger partial charge < -0.3 is 9.63 Å². The van der Waals surface area contributed by atoms with Crippen molar-refractivity contribution in [1.82, 2.24) is 15.0 Å². The summed E-state index contributed by atoms with van der Waals surface area (Å²) < 4.78 is 5.49. The van der Waals surface area contributed by atoms with E-state index in [1.54, 1.807) is 0 Å². The number of nitrogens with zero attached hydrogens (tertiary/aromatic N) is 3. The van der Waals surface area contributed by atoms with Crippen LogP contribution in [0.3, 0.4) is 0 Å². The van der Waals surface area contributed by atoms with Gasteiger partial charge in [0.25, 0.3) is 0 Å². The molecule has 1 aromatic carbocycles. The number of aliphatic hydroxyl groups excluding tert-OH is 1. The predicted molar refractivity (Wildman–Crippen MR) is 96.0 cm³/mol. The zero-order chi connectivity index (χ0) is 17.6. The van der Waals surface area contributed by atoms with Crippen LogP contribution in [-0.2, 0) is 6.54 Å². The second kappa shape index (κ2) is 8.28. The average molecular weight is 339 g/mol. The summed E-state index contributed by atoms with van der Waals surface area (Å²) in [6, 6.07) is 8.22. The maximum atomic E-state index is 8.75. The third-order valence-electron chi connectivity index (χ3n) is 4.50. The number of likely N-dealkylation sites (tertiary alicyclic amines) is 1. The minimum absolute atomic E-state index is 0.106. The fourth-order valence-corrected chi connectivity index (χ4v) is 3.14. The van der Waals surface area contributed by atoms with Crippen molar-refractivity contribution in [1.29, 1.82) is 0 Å². The van der Waals surface area contributed by atoms with Crippen LogP contribution in [0.15, 0.2) is 28.8 Å². The molecule has 5 heteroatoms. The van der Waals surface area contributed by atoms with Crippen molar-refractivity contribution in [3.05, 3.63) is 47.1 Å². The smallest absolute Gasteiger partial charge is 0.231 e. The molecule has 0 aliphatic carbocycles. The zero-order valence-electron chi connectivity index (χ0n) is 14.9. The summed E-state index contributed by atoms with van der Waals surface area (Å²) in [4.78, 5) is 7.02. The molecular weight excluding hydrogens is 314 g/mol. The number of aromatic nitrogens is 2. The second-order valence-electron chi connectivity index (χ2n) is 6.88. The average Bonchev–Trinajstić information content (AvgIpc) is 3.12. The number of rotatable bonds is 4. The molecule has 25 heavy (non-hydrogen) atoms. The van der Waals surface area contributed by atoms with E-state index in [1.165, 1.54) is 5.56 Å². The van der Waals surface area contributed by atoms with Crippen molar-refractivity contribution < 1.29 is 9.63 Å². The first-order chi connectivity index (χ1) is 12.2. The SMILES string of the molecule is CC(C)c1noc([C@H]2CCCN(Cc3ccc(C#CCO)cc3)C2)n1. The molecule has 0 saturated carbocycles. The largest absolute Gasteiger partial charge is 0.384 e. The van der Waals surface area contributed by atoms with Crippen LogP contribution in [0.25, 0.3) is 0 Å². The third-order valence-corrected chi connectivity index (χ3v) is 4.50. The van der Waals surface area contributed by atoms with E-state index in [9.17, 15) is 0 Å². The highest BCUT2D eigenvalue weighted by Crippen LogP contribution is 2.27. The Kier molecular flexibility index (Phi) is 5.85. The Balaban J connectivity index is 1.61. The highest BCUT2D eigenvalue weighted by atomic mass is 16.5. The summed E-state index contributed by atoms with van der Waals surface area (Å²) in [6.45, 7) is 7.01. The quantitative estimate of drug-likeness (QED) is 0.868. The molecule has 1 aromatic heterocycles. The van der Waals surface area contributed by atoms with Crippen molar-refractivity contribution in [2.75, 3.05) is 19.7 Å². The van der Waals surface area contributed by atoms with Crippen LogP contribution in [0.5, 0.6) is 0 Å². The Hall–Kier alpha value is -2.16. The Labute approximate surface area is 149 Å². The van der Waals surface area contributed by atoms with E-state index in [1.807, 2.05) is 12.1 Å². The van der Waals surface area contributed by atoms with Gasteiger partial charge in [0.1, 0.15) is 6.61 Å². The summed E-state index contributed by atoms with van der Waals surface area (Å²) in [5.74, 6) is 7.79. The molecule has 2 heterocycles. The van der Waals surface area contributed by atoms with Crippen LogP contribution < -0.4 is 0 Å². The molecule has 1 fully saturated rings. The van der Waals surface area contributed by atoms with Crippen molar-refractivity contribution in [2.24, 2.45) is 0 Å². The Morgan fingerprint density at radius 3 is 2.80 bits per heavy atom. The Morgan fingerprint density at radius 2 is 2.12 bits per heavy atom. The van der Waals surface area contributed by atoms with E-state index in [0.29, 0.717) is 11.8 Å². The maximum absolute atomic E-state index is 8.75. The molecule has 2 aromatic rings. The topological polar surface area (TPSA) is 62.4 Å². The second-order valence-corrected chi connectivity index (χ2v) is 6.88. The van der Waals surface area contributed by atoms with Crippen LogP contribution in [0.2, 0.25) is 0 Å². The van der Waals surface area contributed by atoms with Gasteiger partial charge in [-0.1, -0.05) is 43.0 Å². The first kappa shape index (κ1) is 17.7. The predicted octanol–water partition coefficient (Wildman–Crippen LogP) is 2.92. The highest BCUT2D eigenvalue weighted by molar-refractivity contribution is 5.36. The van der Waals surface area contributed by atoms with Gasteiger partial charge in [-0.3, -0.25) is 4.90 Å². The molecule has 1 saturated heterocycles. The minimum Gasteiger partial charge on any atom is -0.384 e. The van der Waals surface area contributed by atoms with E-state index in [0.717, 1.165) is 49.8 Å². The molecule has 0 bridgehead atoms. The molecule has 0 unspecified atom stereocenters. The fourth-order valence-electron chi connectivity index (χ4n) is 3.14. The van der Waals surface area contributed by atoms with Crippen molar-refractivity contribution in [3.8, 4) is 11.8 Å². The van der Waals surface area contributed by atoms with Gasteiger partial charge in [-0.2, -0.15) is 4.98 Å². The van der Waals surface area contributed by atoms with Crippen molar-refractivity contribution in [2.45, 2.75) is 45.1 Å². The van der Waals surface area contributed by atoms with Crippen LogP contribution in [0.1, 0.15) is 61.4 Å². The first-order valence-electron chi connectivity index (χ1n) is 8.90. The van der Waals surface area contributed by atoms with Gasteiger partial charge in [0.05, 0.1) is 5.92 Å². The molecular formula is C20H25N3O2. The molecule has 132 valence electrons. The van der Waals surface area contributed by atoms with Gasteiger partial charge in [-0.15, -0.1) is 0 Å². The van der Waals surface area contributed by atoms with E-state index in [2.05, 4.69) is 52.9 Å². The lowest BCUT2D eigenvalue weighted by atomic mass is 9.97. The third kappa shape index (κ3) is 4.68. The minimum atomic E-state index is -0.106. The van der Waals surface area contributed by atoms with Crippen LogP contribution in [-0.4, -0.2) is 39.8 Å². The normalized spacial score (nSPS) is 18.2. The summed E-state index contributed by atoms with van der Waals surface area (Å²) in [5.41, 5.74) is 2.20. The molecule has 1 aliphatic rings. The van der Waals surface area contributed by atoms with Gasteiger partial charge >= 0.3 is 0 Å². The molecule has 0 amide bonds. The molecule has 1 atom stereocenters. The lowest BCUT2D eigenvalue weighted by molar-refractivity contribution is 0.180. The van der Waals surface area contributed by atoms with Crippen molar-refractivity contribution in [3.63, 3.8) is 0 Å². The van der Waals surface area contributed by atoms with Crippen LogP contribution >= 0.6 is 0 Å². The van der Waals surface area contributed by atoms with E-state index in [-0.39, 0.29) is 6.61 Å². The molecule has 3 rings (SSSR count). The van der Waals surface area contributed by atoms with Crippen LogP contribution in [0, 0.1) is 11.8 Å². The van der Waals surface area contributed by atoms with E-state index in [4.69, 9.17) is 9.63 Å². The number of aliphatic hydroxyl groups is 1. The Bertz CT molecular complexity index is 740. The summed E-state index contributed by atoms with van der Waals surface area (Å²) in [5, 5.41) is 12.9. The molecule has 1 aliphatic heterocycles. The lowest BCUT2D eigenvalue weighted by Crippen LogP contribution is -2.34. The number of piperidine rings is 1. The van der Waals surface area contributed by atoms with Gasteiger partial charge in [-0.05, 0) is 37.1 Å². The highest BCUT2D eigenvalue weighted by Gasteiger charge is 2.26. The van der Waals surface area contributed by atoms with Crippen LogP contribution in [0.4, 0.5) is 0 Å². The monoisotopic (exact) mass is 339 g/mol. The standard InChI is InChI=1S/C20H25N3O2/c1-15(2)19-21-20(25-22-19)18-6-3-11-23(14-18)13-17-9-7-16(8-10-17)5-4-12-24/h7-10,15,18,24H,3,6,11-14H2,1-2H3/t18-/m0/s1. The molecule has 5 nitrogen and oxygen atoms in total. The Morgan fingerprint density at radius 1 is 1.32 bits per heavy atom. The van der Waals surface area contributed by atoms with Crippen molar-refractivity contribution >= 4 is 0 Å². The maximum Gasteiger partial charge on any atom is 0.231 e. The first-order valence-corrected chi connectivity index (χ1v) is 8.90.